The van der Waals surface area contributed by atoms with Gasteiger partial charge < -0.3 is 10.4 Å². The minimum Gasteiger partial charge on any atom is -0.396 e. The first kappa shape index (κ1) is 15.7. The van der Waals surface area contributed by atoms with Crippen LogP contribution >= 0.6 is 11.3 Å². The van der Waals surface area contributed by atoms with Gasteiger partial charge in [0.15, 0.2) is 0 Å². The summed E-state index contributed by atoms with van der Waals surface area (Å²) in [5.74, 6) is -0.113. The Morgan fingerprint density at radius 1 is 1.38 bits per heavy atom. The first-order chi connectivity index (χ1) is 10.1. The number of hydrogen-bond donors (Lipinski definition) is 2. The molecule has 5 heteroatoms. The largest absolute Gasteiger partial charge is 0.396 e. The minimum atomic E-state index is -0.376. The molecule has 1 amide bonds. The lowest BCUT2D eigenvalue weighted by Crippen LogP contribution is -2.46. The van der Waals surface area contributed by atoms with Crippen molar-refractivity contribution in [1.29, 1.82) is 0 Å². The van der Waals surface area contributed by atoms with Gasteiger partial charge in [0.2, 0.25) is 0 Å². The third-order valence-electron chi connectivity index (χ3n) is 3.73. The number of carbonyl (C=O) groups is 1. The maximum atomic E-state index is 12.3. The molecule has 1 unspecified atom stereocenters. The lowest BCUT2D eigenvalue weighted by atomic mass is 9.94. The Morgan fingerprint density at radius 3 is 2.62 bits per heavy atom. The number of carbonyl (C=O) groups excluding carboxylic acids is 1. The lowest BCUT2D eigenvalue weighted by Gasteiger charge is -2.29. The van der Waals surface area contributed by atoms with E-state index in [1.807, 2.05) is 31.4 Å². The topological polar surface area (TPSA) is 62.2 Å². The second-order valence-electron chi connectivity index (χ2n) is 5.29. The zero-order chi connectivity index (χ0) is 15.3. The third kappa shape index (κ3) is 3.89. The second-order valence-corrected chi connectivity index (χ2v) is 6.01. The van der Waals surface area contributed by atoms with E-state index in [0.29, 0.717) is 12.0 Å². The highest BCUT2D eigenvalue weighted by atomic mass is 32.1. The van der Waals surface area contributed by atoms with Crippen LogP contribution in [0, 0.1) is 0 Å². The van der Waals surface area contributed by atoms with Crippen molar-refractivity contribution < 1.29 is 9.90 Å². The van der Waals surface area contributed by atoms with Crippen molar-refractivity contribution in [2.75, 3.05) is 6.61 Å². The number of aliphatic hydroxyl groups is 1. The molecule has 1 atom stereocenters. The Balaban J connectivity index is 2.10. The molecule has 0 saturated carbocycles. The van der Waals surface area contributed by atoms with Gasteiger partial charge >= 0.3 is 0 Å². The zero-order valence-electron chi connectivity index (χ0n) is 12.3. The summed E-state index contributed by atoms with van der Waals surface area (Å²) < 4.78 is 0. The van der Waals surface area contributed by atoms with Crippen LogP contribution in [-0.4, -0.2) is 28.1 Å². The van der Waals surface area contributed by atoms with Crippen LogP contribution in [0.2, 0.25) is 0 Å². The predicted octanol–water partition coefficient (Wildman–Crippen LogP) is 3.09. The van der Waals surface area contributed by atoms with Gasteiger partial charge in [-0.1, -0.05) is 19.1 Å². The quantitative estimate of drug-likeness (QED) is 0.862. The van der Waals surface area contributed by atoms with E-state index in [4.69, 9.17) is 5.11 Å². The summed E-state index contributed by atoms with van der Waals surface area (Å²) in [4.78, 5) is 16.5. The predicted molar refractivity (Wildman–Crippen MR) is 85.4 cm³/mol. The van der Waals surface area contributed by atoms with Crippen molar-refractivity contribution in [3.8, 4) is 11.3 Å². The van der Waals surface area contributed by atoms with Crippen molar-refractivity contribution in [2.45, 2.75) is 32.2 Å². The Morgan fingerprint density at radius 2 is 2.10 bits per heavy atom. The molecule has 1 heterocycles. The molecule has 4 nitrogen and oxygen atoms in total. The molecule has 2 rings (SSSR count). The number of aromatic nitrogens is 1. The van der Waals surface area contributed by atoms with Gasteiger partial charge in [-0.15, -0.1) is 11.3 Å². The average molecular weight is 304 g/mol. The van der Waals surface area contributed by atoms with Crippen molar-refractivity contribution in [3.05, 3.63) is 40.7 Å². The van der Waals surface area contributed by atoms with Crippen LogP contribution in [0.5, 0.6) is 0 Å². The van der Waals surface area contributed by atoms with Crippen molar-refractivity contribution in [3.63, 3.8) is 0 Å². The molecule has 0 radical (unpaired) electrons. The lowest BCUT2D eigenvalue weighted by molar-refractivity contribution is 0.0886. The standard InChI is InChI=1S/C16H20N2O2S/c1-3-16(2,8-9-19)18-15(20)13-6-4-12(5-7-13)14-10-21-11-17-14/h4-7,10-11,19H,3,8-9H2,1-2H3,(H,18,20). The van der Waals surface area contributed by atoms with E-state index >= 15 is 0 Å². The molecule has 0 aliphatic rings. The van der Waals surface area contributed by atoms with Crippen LogP contribution in [-0.2, 0) is 0 Å². The van der Waals surface area contributed by atoms with E-state index in [9.17, 15) is 4.79 Å². The van der Waals surface area contributed by atoms with Crippen LogP contribution in [0.3, 0.4) is 0 Å². The van der Waals surface area contributed by atoms with E-state index < -0.39 is 0 Å². The minimum absolute atomic E-state index is 0.0629. The van der Waals surface area contributed by atoms with E-state index in [1.165, 1.54) is 0 Å². The van der Waals surface area contributed by atoms with Gasteiger partial charge in [0, 0.05) is 28.7 Å². The molecular weight excluding hydrogens is 284 g/mol. The Bertz CT molecular complexity index is 581. The average Bonchev–Trinajstić information content (AvgIpc) is 3.02. The molecule has 2 aromatic rings. The molecule has 0 bridgehead atoms. The Kier molecular flexibility index (Phi) is 5.09. The monoisotopic (exact) mass is 304 g/mol. The summed E-state index contributed by atoms with van der Waals surface area (Å²) in [5, 5.41) is 14.1. The van der Waals surface area contributed by atoms with Gasteiger partial charge in [0.25, 0.3) is 5.91 Å². The molecule has 0 fully saturated rings. The zero-order valence-corrected chi connectivity index (χ0v) is 13.1. The molecule has 21 heavy (non-hydrogen) atoms. The van der Waals surface area contributed by atoms with Crippen molar-refractivity contribution in [1.82, 2.24) is 10.3 Å². The fourth-order valence-corrected chi connectivity index (χ4v) is 2.63. The number of hydrogen-bond acceptors (Lipinski definition) is 4. The summed E-state index contributed by atoms with van der Waals surface area (Å²) in [7, 11) is 0. The normalized spacial score (nSPS) is 13.7. The molecular formula is C16H20N2O2S. The summed E-state index contributed by atoms with van der Waals surface area (Å²) in [5.41, 5.74) is 3.95. The number of nitrogens with one attached hydrogen (secondary N) is 1. The molecule has 112 valence electrons. The van der Waals surface area contributed by atoms with Gasteiger partial charge in [0.1, 0.15) is 0 Å². The van der Waals surface area contributed by atoms with E-state index in [1.54, 1.807) is 29.0 Å². The van der Waals surface area contributed by atoms with Gasteiger partial charge in [-0.3, -0.25) is 4.79 Å². The summed E-state index contributed by atoms with van der Waals surface area (Å²) >= 11 is 1.55. The van der Waals surface area contributed by atoms with Crippen LogP contribution in [0.1, 0.15) is 37.0 Å². The Labute approximate surface area is 128 Å². The molecule has 2 N–H and O–H groups in total. The molecule has 0 aliphatic carbocycles. The van der Waals surface area contributed by atoms with E-state index in [-0.39, 0.29) is 18.1 Å². The van der Waals surface area contributed by atoms with Crippen LogP contribution < -0.4 is 5.32 Å². The van der Waals surface area contributed by atoms with Crippen LogP contribution in [0.4, 0.5) is 0 Å². The summed E-state index contributed by atoms with van der Waals surface area (Å²) in [6.07, 6.45) is 1.32. The van der Waals surface area contributed by atoms with Crippen molar-refractivity contribution in [2.24, 2.45) is 0 Å². The summed E-state index contributed by atoms with van der Waals surface area (Å²) in [6, 6.07) is 7.41. The summed E-state index contributed by atoms with van der Waals surface area (Å²) in [6.45, 7) is 4.01. The van der Waals surface area contributed by atoms with E-state index in [2.05, 4.69) is 10.3 Å². The Hall–Kier alpha value is -1.72. The highest BCUT2D eigenvalue weighted by Gasteiger charge is 2.24. The SMILES string of the molecule is CCC(C)(CCO)NC(=O)c1ccc(-c2cscn2)cc1. The number of thiazole rings is 1. The molecule has 1 aromatic carbocycles. The second kappa shape index (κ2) is 6.83. The van der Waals surface area contributed by atoms with E-state index in [0.717, 1.165) is 17.7 Å². The number of amides is 1. The number of aliphatic hydroxyl groups excluding tert-OH is 1. The molecule has 0 saturated heterocycles. The van der Waals surface area contributed by atoms with Crippen LogP contribution in [0.25, 0.3) is 11.3 Å². The third-order valence-corrected chi connectivity index (χ3v) is 4.32. The number of benzene rings is 1. The first-order valence-corrected chi connectivity index (χ1v) is 7.94. The van der Waals surface area contributed by atoms with Gasteiger partial charge in [-0.05, 0) is 31.9 Å². The molecule has 1 aromatic heterocycles. The van der Waals surface area contributed by atoms with Gasteiger partial charge in [-0.2, -0.15) is 0 Å². The highest BCUT2D eigenvalue weighted by Crippen LogP contribution is 2.20. The highest BCUT2D eigenvalue weighted by molar-refractivity contribution is 7.07. The number of rotatable bonds is 6. The molecule has 0 aliphatic heterocycles. The van der Waals surface area contributed by atoms with Gasteiger partial charge in [-0.25, -0.2) is 4.98 Å². The van der Waals surface area contributed by atoms with Crippen LogP contribution in [0.15, 0.2) is 35.2 Å². The maximum absolute atomic E-state index is 12.3. The fraction of sp³-hybridized carbons (Fsp3) is 0.375. The molecule has 0 spiro atoms. The smallest absolute Gasteiger partial charge is 0.251 e. The number of nitrogens with zero attached hydrogens (tertiary/aromatic N) is 1. The fourth-order valence-electron chi connectivity index (χ4n) is 2.07. The first-order valence-electron chi connectivity index (χ1n) is 7.00. The maximum Gasteiger partial charge on any atom is 0.251 e. The van der Waals surface area contributed by atoms with Crippen molar-refractivity contribution >= 4 is 17.2 Å². The van der Waals surface area contributed by atoms with Gasteiger partial charge in [0.05, 0.1) is 11.2 Å².